The lowest BCUT2D eigenvalue weighted by Gasteiger charge is -2.07. The average Bonchev–Trinajstić information content (AvgIpc) is 2.28. The minimum Gasteiger partial charge on any atom is -0.313 e. The summed E-state index contributed by atoms with van der Waals surface area (Å²) < 4.78 is 0. The van der Waals surface area contributed by atoms with Gasteiger partial charge in [0.1, 0.15) is 0 Å². The summed E-state index contributed by atoms with van der Waals surface area (Å²) in [4.78, 5) is 14.0. The van der Waals surface area contributed by atoms with Gasteiger partial charge in [0, 0.05) is 15.4 Å². The van der Waals surface area contributed by atoms with Crippen molar-refractivity contribution in [2.24, 2.45) is 0 Å². The number of hydrogen-bond donors (Lipinski definition) is 1. The van der Waals surface area contributed by atoms with Crippen molar-refractivity contribution in [2.75, 3.05) is 26.1 Å². The van der Waals surface area contributed by atoms with Crippen molar-refractivity contribution in [1.82, 2.24) is 5.32 Å². The van der Waals surface area contributed by atoms with Crippen LogP contribution >= 0.6 is 23.5 Å². The van der Waals surface area contributed by atoms with Crippen molar-refractivity contribution >= 4 is 29.3 Å². The topological polar surface area (TPSA) is 29.1 Å². The van der Waals surface area contributed by atoms with Crippen LogP contribution in [0.25, 0.3) is 0 Å². The summed E-state index contributed by atoms with van der Waals surface area (Å²) in [6, 6.07) is 5.88. The molecule has 82 valence electrons. The SMILES string of the molecule is CNCC(=O)c1ccc(SC)c(SC)c1. The summed E-state index contributed by atoms with van der Waals surface area (Å²) in [5.74, 6) is 0.139. The van der Waals surface area contributed by atoms with E-state index in [0.29, 0.717) is 6.54 Å². The molecule has 1 aromatic rings. The summed E-state index contributed by atoms with van der Waals surface area (Å²) >= 11 is 3.38. The van der Waals surface area contributed by atoms with Gasteiger partial charge in [-0.25, -0.2) is 0 Å². The minimum atomic E-state index is 0.139. The molecule has 0 aliphatic rings. The molecule has 0 spiro atoms. The average molecular weight is 241 g/mol. The smallest absolute Gasteiger partial charge is 0.176 e. The summed E-state index contributed by atoms with van der Waals surface area (Å²) in [6.45, 7) is 0.395. The molecule has 1 N–H and O–H groups in total. The molecule has 0 fully saturated rings. The number of nitrogens with one attached hydrogen (secondary N) is 1. The van der Waals surface area contributed by atoms with Gasteiger partial charge in [-0.2, -0.15) is 0 Å². The highest BCUT2D eigenvalue weighted by atomic mass is 32.2. The van der Waals surface area contributed by atoms with E-state index in [1.54, 1.807) is 30.6 Å². The van der Waals surface area contributed by atoms with Gasteiger partial charge in [-0.3, -0.25) is 4.79 Å². The molecule has 0 unspecified atom stereocenters. The Morgan fingerprint density at radius 2 is 1.93 bits per heavy atom. The molecule has 4 heteroatoms. The third-order valence-electron chi connectivity index (χ3n) is 2.04. The van der Waals surface area contributed by atoms with Crippen molar-refractivity contribution in [3.8, 4) is 0 Å². The lowest BCUT2D eigenvalue weighted by atomic mass is 10.1. The van der Waals surface area contributed by atoms with Crippen LogP contribution in [0.2, 0.25) is 0 Å². The Hall–Kier alpha value is -0.450. The molecule has 0 aliphatic heterocycles. The van der Waals surface area contributed by atoms with Crippen molar-refractivity contribution < 1.29 is 4.79 Å². The molecule has 15 heavy (non-hydrogen) atoms. The number of hydrogen-bond acceptors (Lipinski definition) is 4. The van der Waals surface area contributed by atoms with Crippen molar-refractivity contribution in [1.29, 1.82) is 0 Å². The standard InChI is InChI=1S/C11H15NOS2/c1-12-7-9(13)8-4-5-10(14-2)11(6-8)15-3/h4-6,12H,7H2,1-3H3. The van der Waals surface area contributed by atoms with Crippen LogP contribution in [0, 0.1) is 0 Å². The molecular formula is C11H15NOS2. The van der Waals surface area contributed by atoms with Crippen LogP contribution in [-0.2, 0) is 0 Å². The Balaban J connectivity index is 2.97. The van der Waals surface area contributed by atoms with Crippen LogP contribution in [0.4, 0.5) is 0 Å². The molecule has 0 radical (unpaired) electrons. The fraction of sp³-hybridized carbons (Fsp3) is 0.364. The predicted molar refractivity (Wildman–Crippen MR) is 68.3 cm³/mol. The van der Waals surface area contributed by atoms with Crippen molar-refractivity contribution in [3.63, 3.8) is 0 Å². The van der Waals surface area contributed by atoms with E-state index < -0.39 is 0 Å². The maximum Gasteiger partial charge on any atom is 0.176 e. The number of carbonyl (C=O) groups is 1. The number of ketones is 1. The number of likely N-dealkylation sites (N-methyl/N-ethyl adjacent to an activating group) is 1. The Morgan fingerprint density at radius 1 is 1.27 bits per heavy atom. The van der Waals surface area contributed by atoms with Crippen LogP contribution in [0.15, 0.2) is 28.0 Å². The second-order valence-electron chi connectivity index (χ2n) is 3.02. The lowest BCUT2D eigenvalue weighted by molar-refractivity contribution is 0.0993. The first-order valence-electron chi connectivity index (χ1n) is 4.62. The van der Waals surface area contributed by atoms with Gasteiger partial charge in [0.2, 0.25) is 0 Å². The summed E-state index contributed by atoms with van der Waals surface area (Å²) in [7, 11) is 1.78. The lowest BCUT2D eigenvalue weighted by Crippen LogP contribution is -2.18. The first-order chi connectivity index (χ1) is 7.22. The largest absolute Gasteiger partial charge is 0.313 e. The molecule has 0 aliphatic carbocycles. The van der Waals surface area contributed by atoms with Gasteiger partial charge in [0.05, 0.1) is 6.54 Å². The molecule has 0 heterocycles. The normalized spacial score (nSPS) is 10.3. The molecule has 0 amide bonds. The van der Waals surface area contributed by atoms with Crippen molar-refractivity contribution in [3.05, 3.63) is 23.8 Å². The number of benzene rings is 1. The molecule has 1 rings (SSSR count). The van der Waals surface area contributed by atoms with Crippen LogP contribution in [0.5, 0.6) is 0 Å². The third kappa shape index (κ3) is 3.26. The first-order valence-corrected chi connectivity index (χ1v) is 7.07. The van der Waals surface area contributed by atoms with Gasteiger partial charge in [-0.05, 0) is 31.7 Å². The molecule has 0 saturated carbocycles. The van der Waals surface area contributed by atoms with E-state index in [-0.39, 0.29) is 5.78 Å². The number of rotatable bonds is 5. The molecular weight excluding hydrogens is 226 g/mol. The van der Waals surface area contributed by atoms with Gasteiger partial charge in [0.15, 0.2) is 5.78 Å². The van der Waals surface area contributed by atoms with Gasteiger partial charge >= 0.3 is 0 Å². The molecule has 0 aromatic heterocycles. The Kier molecular flexibility index (Phi) is 5.22. The number of Topliss-reactive ketones (excluding diaryl/α,β-unsaturated/α-hetero) is 1. The van der Waals surface area contributed by atoms with E-state index in [1.165, 1.54) is 9.79 Å². The van der Waals surface area contributed by atoms with E-state index in [0.717, 1.165) is 5.56 Å². The van der Waals surface area contributed by atoms with E-state index in [1.807, 2.05) is 30.7 Å². The first kappa shape index (κ1) is 12.6. The predicted octanol–water partition coefficient (Wildman–Crippen LogP) is 2.53. The maximum atomic E-state index is 11.6. The van der Waals surface area contributed by atoms with Crippen LogP contribution in [-0.4, -0.2) is 31.9 Å². The second-order valence-corrected chi connectivity index (χ2v) is 4.72. The van der Waals surface area contributed by atoms with Crippen LogP contribution in [0.1, 0.15) is 10.4 Å². The second kappa shape index (κ2) is 6.20. The van der Waals surface area contributed by atoms with Gasteiger partial charge < -0.3 is 5.32 Å². The Labute approximate surface area is 99.2 Å². The zero-order chi connectivity index (χ0) is 11.3. The fourth-order valence-electron chi connectivity index (χ4n) is 1.27. The quantitative estimate of drug-likeness (QED) is 0.633. The minimum absolute atomic E-state index is 0.139. The molecule has 0 atom stereocenters. The van der Waals surface area contributed by atoms with Crippen LogP contribution in [0.3, 0.4) is 0 Å². The van der Waals surface area contributed by atoms with E-state index >= 15 is 0 Å². The zero-order valence-electron chi connectivity index (χ0n) is 9.16. The molecule has 0 bridgehead atoms. The zero-order valence-corrected chi connectivity index (χ0v) is 10.8. The highest BCUT2D eigenvalue weighted by Gasteiger charge is 2.07. The van der Waals surface area contributed by atoms with E-state index in [2.05, 4.69) is 5.32 Å². The summed E-state index contributed by atoms with van der Waals surface area (Å²) in [6.07, 6.45) is 4.07. The van der Waals surface area contributed by atoms with Gasteiger partial charge in [0.25, 0.3) is 0 Å². The van der Waals surface area contributed by atoms with Gasteiger partial charge in [-0.15, -0.1) is 23.5 Å². The Morgan fingerprint density at radius 3 is 2.47 bits per heavy atom. The van der Waals surface area contributed by atoms with E-state index in [4.69, 9.17) is 0 Å². The number of carbonyl (C=O) groups excluding carboxylic acids is 1. The molecule has 1 aromatic carbocycles. The van der Waals surface area contributed by atoms with Crippen LogP contribution < -0.4 is 5.32 Å². The highest BCUT2D eigenvalue weighted by Crippen LogP contribution is 2.28. The molecule has 2 nitrogen and oxygen atoms in total. The Bertz CT molecular complexity index is 352. The van der Waals surface area contributed by atoms with E-state index in [9.17, 15) is 4.79 Å². The monoisotopic (exact) mass is 241 g/mol. The fourth-order valence-corrected chi connectivity index (χ4v) is 2.75. The summed E-state index contributed by atoms with van der Waals surface area (Å²) in [5.41, 5.74) is 0.784. The van der Waals surface area contributed by atoms with Crippen molar-refractivity contribution in [2.45, 2.75) is 9.79 Å². The number of thioether (sulfide) groups is 2. The van der Waals surface area contributed by atoms with Gasteiger partial charge in [-0.1, -0.05) is 6.07 Å². The third-order valence-corrected chi connectivity index (χ3v) is 3.75. The highest BCUT2D eigenvalue weighted by molar-refractivity contribution is 8.01. The summed E-state index contributed by atoms with van der Waals surface area (Å²) in [5, 5.41) is 2.87. The molecule has 0 saturated heterocycles. The maximum absolute atomic E-state index is 11.6.